The van der Waals surface area contributed by atoms with Gasteiger partial charge in [0.1, 0.15) is 5.82 Å². The fourth-order valence-electron chi connectivity index (χ4n) is 3.81. The van der Waals surface area contributed by atoms with Crippen molar-refractivity contribution >= 4 is 11.6 Å². The van der Waals surface area contributed by atoms with Crippen LogP contribution in [-0.2, 0) is 0 Å². The normalized spacial score (nSPS) is 15.1. The Balaban J connectivity index is 1.45. The Morgan fingerprint density at radius 2 is 1.90 bits per heavy atom. The molecule has 1 saturated heterocycles. The lowest BCUT2D eigenvalue weighted by molar-refractivity contribution is 0.0710. The summed E-state index contributed by atoms with van der Waals surface area (Å²) in [6.07, 6.45) is 3.77. The minimum atomic E-state index is 0.0175. The van der Waals surface area contributed by atoms with E-state index in [0.29, 0.717) is 36.1 Å². The van der Waals surface area contributed by atoms with Gasteiger partial charge >= 0.3 is 0 Å². The first-order valence-corrected chi connectivity index (χ1v) is 10.0. The largest absolute Gasteiger partial charge is 0.493 e. The Hall–Kier alpha value is -3.09. The number of ether oxygens (including phenoxy) is 2. The number of benzene rings is 1. The van der Waals surface area contributed by atoms with E-state index >= 15 is 0 Å². The van der Waals surface area contributed by atoms with Crippen LogP contribution in [0, 0.1) is 0 Å². The summed E-state index contributed by atoms with van der Waals surface area (Å²) in [5.41, 5.74) is 1.47. The molecule has 1 amide bonds. The van der Waals surface area contributed by atoms with Gasteiger partial charge in [-0.15, -0.1) is 10.2 Å². The number of carbonyl (C=O) groups is 1. The van der Waals surface area contributed by atoms with Gasteiger partial charge in [0.05, 0.1) is 13.2 Å². The Labute approximate surface area is 170 Å². The van der Waals surface area contributed by atoms with Crippen LogP contribution in [0.1, 0.15) is 48.8 Å². The number of hydrogen-bond donors (Lipinski definition) is 0. The van der Waals surface area contributed by atoms with E-state index in [1.54, 1.807) is 25.3 Å². The Morgan fingerprint density at radius 3 is 2.62 bits per heavy atom. The Bertz CT molecular complexity index is 1010. The van der Waals surface area contributed by atoms with Crippen LogP contribution in [0.3, 0.4) is 0 Å². The van der Waals surface area contributed by atoms with E-state index in [1.807, 2.05) is 47.5 Å². The summed E-state index contributed by atoms with van der Waals surface area (Å²) < 4.78 is 13.2. The van der Waals surface area contributed by atoms with Crippen molar-refractivity contribution < 1.29 is 14.3 Å². The van der Waals surface area contributed by atoms with Crippen molar-refractivity contribution in [2.45, 2.75) is 38.7 Å². The first-order valence-electron chi connectivity index (χ1n) is 10.0. The molecule has 0 bridgehead atoms. The SMILES string of the molecule is COc1cc(C(=O)N2CCC(c3nnc4ccccn34)CC2)ccc1OC(C)C. The van der Waals surface area contributed by atoms with Gasteiger partial charge in [0.25, 0.3) is 5.91 Å². The molecule has 1 fully saturated rings. The van der Waals surface area contributed by atoms with Gasteiger partial charge in [0, 0.05) is 30.8 Å². The zero-order valence-electron chi connectivity index (χ0n) is 17.0. The molecule has 4 rings (SSSR count). The number of hydrogen-bond acceptors (Lipinski definition) is 5. The molecule has 0 spiro atoms. The summed E-state index contributed by atoms with van der Waals surface area (Å²) in [5, 5.41) is 8.63. The highest BCUT2D eigenvalue weighted by Crippen LogP contribution is 2.31. The van der Waals surface area contributed by atoms with Crippen LogP contribution in [0.15, 0.2) is 42.6 Å². The average Bonchev–Trinajstić information content (AvgIpc) is 3.17. The van der Waals surface area contributed by atoms with Gasteiger partial charge in [-0.3, -0.25) is 9.20 Å². The number of rotatable bonds is 5. The molecular formula is C22H26N4O3. The molecule has 0 saturated carbocycles. The van der Waals surface area contributed by atoms with Crippen LogP contribution in [0.5, 0.6) is 11.5 Å². The van der Waals surface area contributed by atoms with Crippen molar-refractivity contribution in [2.24, 2.45) is 0 Å². The molecule has 3 heterocycles. The maximum Gasteiger partial charge on any atom is 0.253 e. The topological polar surface area (TPSA) is 69.0 Å². The third-order valence-electron chi connectivity index (χ3n) is 5.26. The average molecular weight is 394 g/mol. The lowest BCUT2D eigenvalue weighted by atomic mass is 9.95. The number of methoxy groups -OCH3 is 1. The molecule has 0 N–H and O–H groups in total. The molecule has 2 aromatic heterocycles. The first-order chi connectivity index (χ1) is 14.1. The molecule has 1 aliphatic heterocycles. The zero-order valence-corrected chi connectivity index (χ0v) is 17.0. The van der Waals surface area contributed by atoms with Crippen LogP contribution in [0.2, 0.25) is 0 Å². The second kappa shape index (κ2) is 8.11. The summed E-state index contributed by atoms with van der Waals surface area (Å²) in [7, 11) is 1.59. The Kier molecular flexibility index (Phi) is 5.38. The number of carbonyl (C=O) groups excluding carboxylic acids is 1. The van der Waals surface area contributed by atoms with Crippen LogP contribution in [0.4, 0.5) is 0 Å². The third-order valence-corrected chi connectivity index (χ3v) is 5.26. The van der Waals surface area contributed by atoms with Gasteiger partial charge in [-0.25, -0.2) is 0 Å². The molecule has 7 heteroatoms. The summed E-state index contributed by atoms with van der Waals surface area (Å²) >= 11 is 0. The standard InChI is InChI=1S/C22H26N4O3/c1-15(2)29-18-8-7-17(14-19(18)28-3)22(27)25-12-9-16(10-13-25)21-24-23-20-6-4-5-11-26(20)21/h4-8,11,14-16H,9-10,12-13H2,1-3H3. The van der Waals surface area contributed by atoms with Gasteiger partial charge < -0.3 is 14.4 Å². The molecule has 29 heavy (non-hydrogen) atoms. The second-order valence-corrected chi connectivity index (χ2v) is 7.59. The zero-order chi connectivity index (χ0) is 20.4. The smallest absolute Gasteiger partial charge is 0.253 e. The van der Waals surface area contributed by atoms with Crippen LogP contribution in [-0.4, -0.2) is 51.7 Å². The summed E-state index contributed by atoms with van der Waals surface area (Å²) in [6, 6.07) is 11.3. The molecular weight excluding hydrogens is 368 g/mol. The summed E-state index contributed by atoms with van der Waals surface area (Å²) in [5.74, 6) is 2.52. The van der Waals surface area contributed by atoms with E-state index < -0.39 is 0 Å². The second-order valence-electron chi connectivity index (χ2n) is 7.59. The number of nitrogens with zero attached hydrogens (tertiary/aromatic N) is 4. The third kappa shape index (κ3) is 3.90. The van der Waals surface area contributed by atoms with Crippen molar-refractivity contribution in [1.82, 2.24) is 19.5 Å². The van der Waals surface area contributed by atoms with E-state index in [1.165, 1.54) is 0 Å². The fraction of sp³-hybridized carbons (Fsp3) is 0.409. The highest BCUT2D eigenvalue weighted by molar-refractivity contribution is 5.95. The van der Waals surface area contributed by atoms with Crippen molar-refractivity contribution in [2.75, 3.05) is 20.2 Å². The van der Waals surface area contributed by atoms with Crippen molar-refractivity contribution in [1.29, 1.82) is 0 Å². The van der Waals surface area contributed by atoms with E-state index in [9.17, 15) is 4.79 Å². The van der Waals surface area contributed by atoms with E-state index in [0.717, 1.165) is 24.3 Å². The number of amides is 1. The monoisotopic (exact) mass is 394 g/mol. The van der Waals surface area contributed by atoms with E-state index in [4.69, 9.17) is 9.47 Å². The maximum absolute atomic E-state index is 13.0. The highest BCUT2D eigenvalue weighted by atomic mass is 16.5. The number of pyridine rings is 1. The fourth-order valence-corrected chi connectivity index (χ4v) is 3.81. The first kappa shape index (κ1) is 19.2. The van der Waals surface area contributed by atoms with Crippen molar-refractivity contribution in [3.05, 3.63) is 54.0 Å². The molecule has 0 unspecified atom stereocenters. The van der Waals surface area contributed by atoms with Gasteiger partial charge in [-0.1, -0.05) is 6.07 Å². The van der Waals surface area contributed by atoms with E-state index in [-0.39, 0.29) is 12.0 Å². The summed E-state index contributed by atoms with van der Waals surface area (Å²) in [6.45, 7) is 5.30. The van der Waals surface area contributed by atoms with Crippen LogP contribution in [0.25, 0.3) is 5.65 Å². The minimum absolute atomic E-state index is 0.0175. The molecule has 7 nitrogen and oxygen atoms in total. The molecule has 1 aromatic carbocycles. The Morgan fingerprint density at radius 1 is 1.10 bits per heavy atom. The minimum Gasteiger partial charge on any atom is -0.493 e. The van der Waals surface area contributed by atoms with Crippen molar-refractivity contribution in [3.63, 3.8) is 0 Å². The summed E-state index contributed by atoms with van der Waals surface area (Å²) in [4.78, 5) is 14.9. The molecule has 1 aliphatic rings. The molecule has 0 aliphatic carbocycles. The van der Waals surface area contributed by atoms with Crippen LogP contribution < -0.4 is 9.47 Å². The van der Waals surface area contributed by atoms with Gasteiger partial charge in [-0.2, -0.15) is 0 Å². The van der Waals surface area contributed by atoms with Gasteiger partial charge in [0.15, 0.2) is 17.1 Å². The molecule has 3 aromatic rings. The predicted octanol–water partition coefficient (Wildman–Crippen LogP) is 3.54. The number of likely N-dealkylation sites (tertiary alicyclic amines) is 1. The van der Waals surface area contributed by atoms with Crippen LogP contribution >= 0.6 is 0 Å². The molecule has 152 valence electrons. The maximum atomic E-state index is 13.0. The van der Waals surface area contributed by atoms with E-state index in [2.05, 4.69) is 10.2 Å². The van der Waals surface area contributed by atoms with Crippen molar-refractivity contribution in [3.8, 4) is 11.5 Å². The quantitative estimate of drug-likeness (QED) is 0.662. The van der Waals surface area contributed by atoms with Gasteiger partial charge in [0.2, 0.25) is 0 Å². The molecule has 0 radical (unpaired) electrons. The number of fused-ring (bicyclic) bond motifs is 1. The number of piperidine rings is 1. The molecule has 0 atom stereocenters. The lowest BCUT2D eigenvalue weighted by Gasteiger charge is -2.31. The number of aromatic nitrogens is 3. The highest BCUT2D eigenvalue weighted by Gasteiger charge is 2.27. The van der Waals surface area contributed by atoms with Gasteiger partial charge in [-0.05, 0) is 57.0 Å². The lowest BCUT2D eigenvalue weighted by Crippen LogP contribution is -2.38. The predicted molar refractivity (Wildman–Crippen MR) is 110 cm³/mol.